The number of benzene rings is 1. The second-order valence-corrected chi connectivity index (χ2v) is 5.15. The lowest BCUT2D eigenvalue weighted by Gasteiger charge is -2.09. The highest BCUT2D eigenvalue weighted by atomic mass is 15.2. The summed E-state index contributed by atoms with van der Waals surface area (Å²) < 4.78 is 0. The van der Waals surface area contributed by atoms with E-state index in [0.717, 1.165) is 22.6 Å². The summed E-state index contributed by atoms with van der Waals surface area (Å²) in [5.74, 6) is 1.37. The molecule has 0 saturated carbocycles. The lowest BCUT2D eigenvalue weighted by molar-refractivity contribution is 0.925. The predicted octanol–water partition coefficient (Wildman–Crippen LogP) is 3.16. The lowest BCUT2D eigenvalue weighted by atomic mass is 10.1. The van der Waals surface area contributed by atoms with E-state index in [1.807, 2.05) is 49.5 Å². The number of nitrogens with zero attached hydrogens (tertiary/aromatic N) is 4. The molecule has 110 valence electrons. The van der Waals surface area contributed by atoms with Crippen molar-refractivity contribution in [3.05, 3.63) is 65.6 Å². The highest BCUT2D eigenvalue weighted by Crippen LogP contribution is 2.18. The standard InChI is InChI=1S/C17H17N5/c1-12-5-7-15(8-6-12)17-20-16(13(2)21-22-17)19-11-14-4-3-9-18-10-14/h3-10H,11H2,1-2H3,(H,19,20,22). The molecule has 0 atom stereocenters. The molecule has 3 rings (SSSR count). The Hall–Kier alpha value is -2.82. The molecule has 5 heteroatoms. The van der Waals surface area contributed by atoms with Gasteiger partial charge in [-0.3, -0.25) is 4.98 Å². The highest BCUT2D eigenvalue weighted by molar-refractivity contribution is 5.57. The van der Waals surface area contributed by atoms with E-state index >= 15 is 0 Å². The van der Waals surface area contributed by atoms with Crippen molar-refractivity contribution >= 4 is 5.82 Å². The highest BCUT2D eigenvalue weighted by Gasteiger charge is 2.07. The van der Waals surface area contributed by atoms with Crippen molar-refractivity contribution in [3.8, 4) is 11.4 Å². The second kappa shape index (κ2) is 6.30. The number of rotatable bonds is 4. The molecule has 0 radical (unpaired) electrons. The Kier molecular flexibility index (Phi) is 4.05. The maximum atomic E-state index is 4.58. The molecule has 0 amide bonds. The maximum absolute atomic E-state index is 4.58. The van der Waals surface area contributed by atoms with Crippen LogP contribution in [0, 0.1) is 13.8 Å². The number of hydrogen-bond donors (Lipinski definition) is 1. The molecule has 0 aliphatic carbocycles. The number of anilines is 1. The van der Waals surface area contributed by atoms with Crippen LogP contribution in [0.1, 0.15) is 16.8 Å². The lowest BCUT2D eigenvalue weighted by Crippen LogP contribution is -2.07. The zero-order chi connectivity index (χ0) is 15.4. The van der Waals surface area contributed by atoms with Crippen molar-refractivity contribution in [1.82, 2.24) is 20.2 Å². The van der Waals surface area contributed by atoms with Crippen LogP contribution in [0.4, 0.5) is 5.82 Å². The van der Waals surface area contributed by atoms with Crippen molar-refractivity contribution in [1.29, 1.82) is 0 Å². The van der Waals surface area contributed by atoms with E-state index in [1.54, 1.807) is 6.20 Å². The number of aryl methyl sites for hydroxylation is 2. The van der Waals surface area contributed by atoms with Gasteiger partial charge in [0.05, 0.1) is 0 Å². The smallest absolute Gasteiger partial charge is 0.183 e. The summed E-state index contributed by atoms with van der Waals surface area (Å²) in [6, 6.07) is 12.0. The van der Waals surface area contributed by atoms with Gasteiger partial charge < -0.3 is 5.32 Å². The van der Waals surface area contributed by atoms with E-state index in [-0.39, 0.29) is 0 Å². The van der Waals surface area contributed by atoms with Crippen LogP contribution in [-0.4, -0.2) is 20.2 Å². The van der Waals surface area contributed by atoms with E-state index in [1.165, 1.54) is 5.56 Å². The van der Waals surface area contributed by atoms with Gasteiger partial charge in [0, 0.05) is 24.5 Å². The Morgan fingerprint density at radius 2 is 1.82 bits per heavy atom. The van der Waals surface area contributed by atoms with Crippen LogP contribution in [0.3, 0.4) is 0 Å². The molecule has 0 bridgehead atoms. The van der Waals surface area contributed by atoms with Gasteiger partial charge in [-0.25, -0.2) is 4.98 Å². The average Bonchev–Trinajstić information content (AvgIpc) is 2.56. The van der Waals surface area contributed by atoms with E-state index < -0.39 is 0 Å². The normalized spacial score (nSPS) is 10.5. The van der Waals surface area contributed by atoms with Gasteiger partial charge >= 0.3 is 0 Å². The Morgan fingerprint density at radius 1 is 1.00 bits per heavy atom. The van der Waals surface area contributed by atoms with Crippen LogP contribution in [0.15, 0.2) is 48.8 Å². The van der Waals surface area contributed by atoms with Crippen LogP contribution in [-0.2, 0) is 6.54 Å². The maximum Gasteiger partial charge on any atom is 0.183 e. The fourth-order valence-corrected chi connectivity index (χ4v) is 2.06. The molecule has 2 heterocycles. The third-order valence-corrected chi connectivity index (χ3v) is 3.35. The minimum Gasteiger partial charge on any atom is -0.364 e. The molecular formula is C17H17N5. The van der Waals surface area contributed by atoms with E-state index in [4.69, 9.17) is 0 Å². The van der Waals surface area contributed by atoms with Gasteiger partial charge in [-0.2, -0.15) is 0 Å². The molecule has 0 fully saturated rings. The molecular weight excluding hydrogens is 274 g/mol. The molecule has 0 saturated heterocycles. The van der Waals surface area contributed by atoms with Crippen LogP contribution >= 0.6 is 0 Å². The molecule has 5 nitrogen and oxygen atoms in total. The Labute approximate surface area is 129 Å². The molecule has 0 aliphatic rings. The van der Waals surface area contributed by atoms with E-state index in [2.05, 4.69) is 32.4 Å². The molecule has 22 heavy (non-hydrogen) atoms. The zero-order valence-electron chi connectivity index (χ0n) is 12.6. The quantitative estimate of drug-likeness (QED) is 0.800. The molecule has 1 N–H and O–H groups in total. The van der Waals surface area contributed by atoms with Gasteiger partial charge in [0.15, 0.2) is 11.6 Å². The summed E-state index contributed by atoms with van der Waals surface area (Å²) >= 11 is 0. The first-order valence-corrected chi connectivity index (χ1v) is 7.13. The Balaban J connectivity index is 1.82. The molecule has 3 aromatic rings. The number of aromatic nitrogens is 4. The van der Waals surface area contributed by atoms with Crippen molar-refractivity contribution < 1.29 is 0 Å². The number of pyridine rings is 1. The summed E-state index contributed by atoms with van der Waals surface area (Å²) in [7, 11) is 0. The zero-order valence-corrected chi connectivity index (χ0v) is 12.6. The fraction of sp³-hybridized carbons (Fsp3) is 0.176. The van der Waals surface area contributed by atoms with Crippen LogP contribution < -0.4 is 5.32 Å². The third-order valence-electron chi connectivity index (χ3n) is 3.35. The first-order chi connectivity index (χ1) is 10.7. The SMILES string of the molecule is Cc1ccc(-c2nnc(C)c(NCc3cccnc3)n2)cc1. The summed E-state index contributed by atoms with van der Waals surface area (Å²) in [6.07, 6.45) is 3.59. The summed E-state index contributed by atoms with van der Waals surface area (Å²) in [5.41, 5.74) is 4.04. The molecule has 0 aliphatic heterocycles. The van der Waals surface area contributed by atoms with Crippen molar-refractivity contribution in [2.24, 2.45) is 0 Å². The third kappa shape index (κ3) is 3.25. The monoisotopic (exact) mass is 291 g/mol. The van der Waals surface area contributed by atoms with Crippen LogP contribution in [0.5, 0.6) is 0 Å². The molecule has 0 unspecified atom stereocenters. The molecule has 2 aromatic heterocycles. The predicted molar refractivity (Wildman–Crippen MR) is 86.3 cm³/mol. The largest absolute Gasteiger partial charge is 0.364 e. The summed E-state index contributed by atoms with van der Waals surface area (Å²) in [4.78, 5) is 8.69. The van der Waals surface area contributed by atoms with Gasteiger partial charge in [-0.15, -0.1) is 10.2 Å². The van der Waals surface area contributed by atoms with Crippen LogP contribution in [0.25, 0.3) is 11.4 Å². The first-order valence-electron chi connectivity index (χ1n) is 7.13. The van der Waals surface area contributed by atoms with Gasteiger partial charge in [0.25, 0.3) is 0 Å². The first kappa shape index (κ1) is 14.1. The number of nitrogens with one attached hydrogen (secondary N) is 1. The molecule has 1 aromatic carbocycles. The molecule has 0 spiro atoms. The Morgan fingerprint density at radius 3 is 2.55 bits per heavy atom. The summed E-state index contributed by atoms with van der Waals surface area (Å²) in [5, 5.41) is 11.7. The number of hydrogen-bond acceptors (Lipinski definition) is 5. The van der Waals surface area contributed by atoms with Gasteiger partial charge in [-0.1, -0.05) is 35.9 Å². The van der Waals surface area contributed by atoms with E-state index in [9.17, 15) is 0 Å². The van der Waals surface area contributed by atoms with Gasteiger partial charge in [0.2, 0.25) is 0 Å². The van der Waals surface area contributed by atoms with Crippen molar-refractivity contribution in [2.75, 3.05) is 5.32 Å². The van der Waals surface area contributed by atoms with Gasteiger partial charge in [0.1, 0.15) is 5.69 Å². The van der Waals surface area contributed by atoms with Crippen molar-refractivity contribution in [2.45, 2.75) is 20.4 Å². The van der Waals surface area contributed by atoms with Gasteiger partial charge in [-0.05, 0) is 25.5 Å². The topological polar surface area (TPSA) is 63.6 Å². The van der Waals surface area contributed by atoms with Crippen LogP contribution in [0.2, 0.25) is 0 Å². The Bertz CT molecular complexity index is 754. The minimum absolute atomic E-state index is 0.624. The second-order valence-electron chi connectivity index (χ2n) is 5.15. The fourth-order valence-electron chi connectivity index (χ4n) is 2.06. The summed E-state index contributed by atoms with van der Waals surface area (Å²) in [6.45, 7) is 4.60. The van der Waals surface area contributed by atoms with E-state index in [0.29, 0.717) is 12.4 Å². The minimum atomic E-state index is 0.624. The van der Waals surface area contributed by atoms with Crippen molar-refractivity contribution in [3.63, 3.8) is 0 Å². The average molecular weight is 291 g/mol.